The van der Waals surface area contributed by atoms with Crippen molar-refractivity contribution in [2.45, 2.75) is 50.9 Å². The van der Waals surface area contributed by atoms with Crippen LogP contribution in [0.3, 0.4) is 0 Å². The number of amides is 2. The molecule has 50 heavy (non-hydrogen) atoms. The van der Waals surface area contributed by atoms with E-state index in [0.717, 1.165) is 24.3 Å². The number of anilines is 3. The molecule has 7 rings (SSSR count). The van der Waals surface area contributed by atoms with Crippen LogP contribution < -0.4 is 25.6 Å². The molecule has 1 aliphatic heterocycles. The predicted octanol–water partition coefficient (Wildman–Crippen LogP) is 7.26. The fourth-order valence-electron chi connectivity index (χ4n) is 7.16. The first-order valence-electron chi connectivity index (χ1n) is 16.5. The van der Waals surface area contributed by atoms with Gasteiger partial charge in [-0.3, -0.25) is 9.59 Å². The first-order valence-corrected chi connectivity index (χ1v) is 17.3. The van der Waals surface area contributed by atoms with Crippen LogP contribution in [-0.2, 0) is 13.6 Å². The number of nitrogens with one attached hydrogen (secondary N) is 3. The number of benzene rings is 2. The van der Waals surface area contributed by atoms with Crippen LogP contribution in [0.1, 0.15) is 58.4 Å². The summed E-state index contributed by atoms with van der Waals surface area (Å²) in [5.41, 5.74) is 3.82. The van der Waals surface area contributed by atoms with E-state index in [-0.39, 0.29) is 61.5 Å². The lowest BCUT2D eigenvalue weighted by Crippen LogP contribution is -2.40. The number of rotatable bonds is 9. The molecule has 3 heterocycles. The van der Waals surface area contributed by atoms with E-state index in [1.165, 1.54) is 19.7 Å². The van der Waals surface area contributed by atoms with Crippen LogP contribution in [0.25, 0.3) is 11.0 Å². The highest BCUT2D eigenvalue weighted by Gasteiger charge is 2.46. The molecule has 4 aromatic rings. The zero-order valence-electron chi connectivity index (χ0n) is 27.4. The van der Waals surface area contributed by atoms with Crippen LogP contribution in [0.4, 0.5) is 30.5 Å². The molecule has 2 amide bonds. The van der Waals surface area contributed by atoms with Gasteiger partial charge in [0.05, 0.1) is 51.0 Å². The normalized spacial score (nSPS) is 21.5. The van der Waals surface area contributed by atoms with Gasteiger partial charge < -0.3 is 30.2 Å². The van der Waals surface area contributed by atoms with Gasteiger partial charge >= 0.3 is 6.18 Å². The third kappa shape index (κ3) is 6.77. The standard InChI is InChI=1S/C35H36Cl2F3N7O3/c1-46-28-14-27(47-16-19-12-20(19)17-47)24(32(49)43-22-8-6-21(7-9-22)35(38,39)40)13-26(28)44-34(46)45-30-25(36)10-5-18(29(30)37)15-42-31(48)23-4-3-11-41-33(23)50-2/h3-5,10-11,13-14,19-22H,6-9,12,15-17H2,1-2H3,(H,42,48)(H,43,49)(H,44,45)/t19?,20?,21-,22-. The number of pyridine rings is 1. The summed E-state index contributed by atoms with van der Waals surface area (Å²) in [4.78, 5) is 37.7. The number of fused-ring (bicyclic) bond motifs is 2. The second kappa shape index (κ2) is 13.5. The smallest absolute Gasteiger partial charge is 0.391 e. The average molecular weight is 731 g/mol. The number of methoxy groups -OCH3 is 1. The summed E-state index contributed by atoms with van der Waals surface area (Å²) < 4.78 is 46.8. The minimum Gasteiger partial charge on any atom is -0.480 e. The maximum absolute atomic E-state index is 13.8. The number of aryl methyl sites for hydroxylation is 1. The number of alkyl halides is 3. The Morgan fingerprint density at radius 2 is 1.76 bits per heavy atom. The maximum Gasteiger partial charge on any atom is 0.391 e. The maximum atomic E-state index is 13.8. The van der Waals surface area contributed by atoms with Crippen molar-refractivity contribution in [3.8, 4) is 5.88 Å². The van der Waals surface area contributed by atoms with Crippen molar-refractivity contribution >= 4 is 63.4 Å². The zero-order chi connectivity index (χ0) is 35.3. The van der Waals surface area contributed by atoms with Crippen LogP contribution in [0.5, 0.6) is 5.88 Å². The summed E-state index contributed by atoms with van der Waals surface area (Å²) in [6.07, 6.45) is -0.932. The molecule has 15 heteroatoms. The summed E-state index contributed by atoms with van der Waals surface area (Å²) in [6, 6.07) is 10.0. The average Bonchev–Trinajstić information content (AvgIpc) is 3.58. The van der Waals surface area contributed by atoms with Crippen LogP contribution >= 0.6 is 23.2 Å². The van der Waals surface area contributed by atoms with Gasteiger partial charge in [0.15, 0.2) is 0 Å². The number of aromatic nitrogens is 3. The van der Waals surface area contributed by atoms with Gasteiger partial charge in [-0.25, -0.2) is 9.97 Å². The number of nitrogens with zero attached hydrogens (tertiary/aromatic N) is 4. The fourth-order valence-corrected chi connectivity index (χ4v) is 7.69. The summed E-state index contributed by atoms with van der Waals surface area (Å²) in [5.74, 6) is -0.186. The van der Waals surface area contributed by atoms with E-state index in [9.17, 15) is 22.8 Å². The van der Waals surface area contributed by atoms with Crippen LogP contribution in [0.2, 0.25) is 10.0 Å². The Morgan fingerprint density at radius 3 is 2.46 bits per heavy atom. The molecule has 2 unspecified atom stereocenters. The van der Waals surface area contributed by atoms with Crippen molar-refractivity contribution < 1.29 is 27.5 Å². The number of carbonyl (C=O) groups is 2. The number of hydrogen-bond acceptors (Lipinski definition) is 7. The van der Waals surface area contributed by atoms with Crippen molar-refractivity contribution in [2.75, 3.05) is 30.4 Å². The third-order valence-corrected chi connectivity index (χ3v) is 10.9. The Hall–Kier alpha value is -4.23. The predicted molar refractivity (Wildman–Crippen MR) is 185 cm³/mol. The van der Waals surface area contributed by atoms with Gasteiger partial charge in [0, 0.05) is 38.9 Å². The molecule has 0 bridgehead atoms. The molecule has 2 atom stereocenters. The Bertz CT molecular complexity index is 1950. The summed E-state index contributed by atoms with van der Waals surface area (Å²) in [7, 11) is 3.28. The molecule has 2 aromatic carbocycles. The van der Waals surface area contributed by atoms with E-state index < -0.39 is 12.1 Å². The second-order valence-electron chi connectivity index (χ2n) is 13.3. The van der Waals surface area contributed by atoms with E-state index in [2.05, 4.69) is 25.8 Å². The molecule has 2 saturated carbocycles. The Labute approximate surface area is 296 Å². The number of ether oxygens (including phenoxy) is 1. The van der Waals surface area contributed by atoms with Gasteiger partial charge in [-0.1, -0.05) is 29.3 Å². The summed E-state index contributed by atoms with van der Waals surface area (Å²) >= 11 is 13.4. The molecule has 10 nitrogen and oxygen atoms in total. The third-order valence-electron chi connectivity index (χ3n) is 10.1. The monoisotopic (exact) mass is 729 g/mol. The topological polar surface area (TPSA) is 113 Å². The van der Waals surface area contributed by atoms with Gasteiger partial charge in [-0.2, -0.15) is 13.2 Å². The molecule has 3 aliphatic rings. The number of carbonyl (C=O) groups excluding carboxylic acids is 2. The lowest BCUT2D eigenvalue weighted by atomic mass is 9.85. The molecule has 1 saturated heterocycles. The highest BCUT2D eigenvalue weighted by Crippen LogP contribution is 2.47. The van der Waals surface area contributed by atoms with Crippen molar-refractivity contribution in [3.05, 3.63) is 69.3 Å². The quantitative estimate of drug-likeness (QED) is 0.166. The highest BCUT2D eigenvalue weighted by molar-refractivity contribution is 6.39. The number of hydrogen-bond donors (Lipinski definition) is 3. The molecule has 2 aromatic heterocycles. The van der Waals surface area contributed by atoms with Gasteiger partial charge in [-0.15, -0.1) is 0 Å². The van der Waals surface area contributed by atoms with E-state index in [4.69, 9.17) is 32.9 Å². The van der Waals surface area contributed by atoms with Gasteiger partial charge in [0.2, 0.25) is 11.8 Å². The van der Waals surface area contributed by atoms with Gasteiger partial charge in [-0.05, 0) is 79.8 Å². The molecule has 0 radical (unpaired) electrons. The zero-order valence-corrected chi connectivity index (χ0v) is 28.9. The molecule has 3 N–H and O–H groups in total. The van der Waals surface area contributed by atoms with E-state index in [1.807, 2.05) is 17.7 Å². The first kappa shape index (κ1) is 34.2. The van der Waals surface area contributed by atoms with Crippen molar-refractivity contribution in [2.24, 2.45) is 24.8 Å². The minimum absolute atomic E-state index is 0.00301. The van der Waals surface area contributed by atoms with Crippen LogP contribution in [-0.4, -0.2) is 58.8 Å². The molecule has 0 spiro atoms. The van der Waals surface area contributed by atoms with E-state index in [0.29, 0.717) is 50.2 Å². The molecule has 264 valence electrons. The molecule has 2 aliphatic carbocycles. The van der Waals surface area contributed by atoms with Gasteiger partial charge in [0.1, 0.15) is 5.56 Å². The van der Waals surface area contributed by atoms with Crippen LogP contribution in [0, 0.1) is 17.8 Å². The molecule has 3 fully saturated rings. The number of piperidine rings is 1. The van der Waals surface area contributed by atoms with Gasteiger partial charge in [0.25, 0.3) is 11.8 Å². The lowest BCUT2D eigenvalue weighted by molar-refractivity contribution is -0.182. The van der Waals surface area contributed by atoms with Crippen molar-refractivity contribution in [1.29, 1.82) is 0 Å². The number of imidazole rings is 1. The van der Waals surface area contributed by atoms with E-state index >= 15 is 0 Å². The SMILES string of the molecule is COc1ncccc1C(=O)NCc1ccc(Cl)c(Nc2nc3cc(C(=O)N[C@H]4CC[C@H](C(F)(F)F)CC4)c(N4CC5CC5C4)cc3n2C)c1Cl. The first-order chi connectivity index (χ1) is 23.9. The molecular weight excluding hydrogens is 694 g/mol. The number of halogens is 5. The largest absolute Gasteiger partial charge is 0.480 e. The minimum atomic E-state index is -4.21. The Kier molecular flexibility index (Phi) is 9.23. The Balaban J connectivity index is 1.13. The summed E-state index contributed by atoms with van der Waals surface area (Å²) in [5, 5.41) is 9.74. The van der Waals surface area contributed by atoms with Crippen molar-refractivity contribution in [1.82, 2.24) is 25.2 Å². The second-order valence-corrected chi connectivity index (χ2v) is 14.1. The van der Waals surface area contributed by atoms with E-state index in [1.54, 1.807) is 30.3 Å². The van der Waals surface area contributed by atoms with Crippen LogP contribution in [0.15, 0.2) is 42.6 Å². The molecular formula is C35H36Cl2F3N7O3. The lowest BCUT2D eigenvalue weighted by Gasteiger charge is -2.31. The summed E-state index contributed by atoms with van der Waals surface area (Å²) in [6.45, 7) is 1.79. The Morgan fingerprint density at radius 1 is 1.02 bits per heavy atom. The fraction of sp³-hybridized carbons (Fsp3) is 0.429. The van der Waals surface area contributed by atoms with Crippen molar-refractivity contribution in [3.63, 3.8) is 0 Å². The highest BCUT2D eigenvalue weighted by atomic mass is 35.5.